The third-order valence-electron chi connectivity index (χ3n) is 1.98. The molecule has 0 aliphatic heterocycles. The van der Waals surface area contributed by atoms with Gasteiger partial charge in [0, 0.05) is 0 Å². The van der Waals surface area contributed by atoms with Crippen LogP contribution in [-0.4, -0.2) is 0 Å². The molecule has 0 amide bonds. The van der Waals surface area contributed by atoms with Gasteiger partial charge < -0.3 is 0 Å². The van der Waals surface area contributed by atoms with Gasteiger partial charge in [0.15, 0.2) is 0 Å². The van der Waals surface area contributed by atoms with Crippen molar-refractivity contribution in [1.82, 2.24) is 0 Å². The predicted octanol–water partition coefficient (Wildman–Crippen LogP) is 6.47. The minimum Gasteiger partial charge on any atom is -0.103 e. The van der Waals surface area contributed by atoms with Crippen molar-refractivity contribution in [2.24, 2.45) is 0 Å². The summed E-state index contributed by atoms with van der Waals surface area (Å²) in [5.41, 5.74) is 0. The summed E-state index contributed by atoms with van der Waals surface area (Å²) in [6.45, 7) is 13.1. The lowest BCUT2D eigenvalue weighted by Crippen LogP contribution is -1.78. The number of rotatable bonds is 8. The Morgan fingerprint density at radius 3 is 2.33 bits per heavy atom. The van der Waals surface area contributed by atoms with E-state index in [0.717, 1.165) is 17.0 Å². The summed E-state index contributed by atoms with van der Waals surface area (Å²) in [7, 11) is -0.888. The van der Waals surface area contributed by atoms with Crippen molar-refractivity contribution in [2.45, 2.75) is 13.3 Å². The molecule has 0 aromatic heterocycles. The standard InChI is InChI=1S/C16H20ClP/c1-5-9-13-16(14-10-6-2)18(17)15(11-7-3)12-8-4/h5-9,11-14H,1-3,10H2,4H3/b12-8-,13-9-,15-11+,16-14+. The lowest BCUT2D eigenvalue weighted by molar-refractivity contribution is 1.40. The summed E-state index contributed by atoms with van der Waals surface area (Å²) in [5.74, 6) is 0. The van der Waals surface area contributed by atoms with Crippen molar-refractivity contribution >= 4 is 18.5 Å². The Balaban J connectivity index is 5.25. The van der Waals surface area contributed by atoms with E-state index in [4.69, 9.17) is 11.2 Å². The summed E-state index contributed by atoms with van der Waals surface area (Å²) in [4.78, 5) is 0. The molecule has 0 spiro atoms. The maximum atomic E-state index is 6.55. The third kappa shape index (κ3) is 6.59. The van der Waals surface area contributed by atoms with Crippen LogP contribution in [0.25, 0.3) is 0 Å². The van der Waals surface area contributed by atoms with Gasteiger partial charge in [0.25, 0.3) is 0 Å². The van der Waals surface area contributed by atoms with E-state index >= 15 is 0 Å². The largest absolute Gasteiger partial charge is 0.103 e. The maximum Gasteiger partial charge on any atom is 0.0520 e. The first kappa shape index (κ1) is 16.9. The summed E-state index contributed by atoms with van der Waals surface area (Å²) < 4.78 is 0. The minimum atomic E-state index is -0.888. The molecule has 0 aliphatic rings. The number of allylic oxidation sites excluding steroid dienone is 11. The van der Waals surface area contributed by atoms with Crippen LogP contribution >= 0.6 is 18.5 Å². The molecule has 0 fully saturated rings. The monoisotopic (exact) mass is 278 g/mol. The van der Waals surface area contributed by atoms with Crippen LogP contribution < -0.4 is 0 Å². The van der Waals surface area contributed by atoms with Gasteiger partial charge in [-0.05, 0) is 24.0 Å². The summed E-state index contributed by atoms with van der Waals surface area (Å²) in [6, 6.07) is 0. The molecule has 0 rings (SSSR count). The predicted molar refractivity (Wildman–Crippen MR) is 88.1 cm³/mol. The highest BCUT2D eigenvalue weighted by Gasteiger charge is 2.11. The second-order valence-electron chi connectivity index (χ2n) is 3.36. The average molecular weight is 279 g/mol. The second kappa shape index (κ2) is 11.0. The van der Waals surface area contributed by atoms with Gasteiger partial charge >= 0.3 is 0 Å². The molecular weight excluding hydrogens is 259 g/mol. The van der Waals surface area contributed by atoms with Crippen LogP contribution in [-0.2, 0) is 0 Å². The molecule has 2 heteroatoms. The van der Waals surface area contributed by atoms with Crippen LogP contribution in [0.5, 0.6) is 0 Å². The highest BCUT2D eigenvalue weighted by molar-refractivity contribution is 7.90. The first-order valence-corrected chi connectivity index (χ1v) is 7.97. The van der Waals surface area contributed by atoms with Crippen molar-refractivity contribution < 1.29 is 0 Å². The highest BCUT2D eigenvalue weighted by Crippen LogP contribution is 2.58. The van der Waals surface area contributed by atoms with Gasteiger partial charge in [0.1, 0.15) is 0 Å². The zero-order chi connectivity index (χ0) is 13.8. The molecular formula is C16H20ClP. The van der Waals surface area contributed by atoms with Gasteiger partial charge in [0.2, 0.25) is 0 Å². The third-order valence-corrected chi connectivity index (χ3v) is 4.68. The molecule has 0 nitrogen and oxygen atoms in total. The lowest BCUT2D eigenvalue weighted by Gasteiger charge is -2.12. The minimum absolute atomic E-state index is 0.805. The molecule has 96 valence electrons. The SMILES string of the molecule is C=C/C=C\C(=C/CC=C)P(Cl)C(/C=C\C)=C/C=C. The molecule has 0 aliphatic carbocycles. The van der Waals surface area contributed by atoms with Gasteiger partial charge in [-0.25, -0.2) is 0 Å². The Hall–Kier alpha value is -1.10. The fourth-order valence-electron chi connectivity index (χ4n) is 1.21. The Labute approximate surface area is 117 Å². The van der Waals surface area contributed by atoms with E-state index in [1.165, 1.54) is 0 Å². The van der Waals surface area contributed by atoms with E-state index in [1.807, 2.05) is 43.4 Å². The van der Waals surface area contributed by atoms with Crippen LogP contribution in [0.2, 0.25) is 0 Å². The van der Waals surface area contributed by atoms with E-state index in [-0.39, 0.29) is 0 Å². The molecule has 0 N–H and O–H groups in total. The molecule has 1 atom stereocenters. The zero-order valence-electron chi connectivity index (χ0n) is 10.8. The van der Waals surface area contributed by atoms with Crippen molar-refractivity contribution in [3.8, 4) is 0 Å². The Morgan fingerprint density at radius 2 is 1.83 bits per heavy atom. The van der Waals surface area contributed by atoms with Gasteiger partial charge in [-0.3, -0.25) is 0 Å². The van der Waals surface area contributed by atoms with Crippen LogP contribution in [0.15, 0.2) is 85.0 Å². The number of halogens is 1. The first-order valence-electron chi connectivity index (χ1n) is 5.72. The van der Waals surface area contributed by atoms with E-state index in [1.54, 1.807) is 12.2 Å². The van der Waals surface area contributed by atoms with Crippen LogP contribution in [0, 0.1) is 0 Å². The van der Waals surface area contributed by atoms with E-state index in [2.05, 4.69) is 25.8 Å². The zero-order valence-corrected chi connectivity index (χ0v) is 12.5. The quantitative estimate of drug-likeness (QED) is 0.271. The topological polar surface area (TPSA) is 0 Å². The summed E-state index contributed by atoms with van der Waals surface area (Å²) in [6.07, 6.45) is 18.1. The van der Waals surface area contributed by atoms with Crippen molar-refractivity contribution in [2.75, 3.05) is 0 Å². The molecule has 0 bridgehead atoms. The first-order chi connectivity index (χ1) is 8.71. The van der Waals surface area contributed by atoms with Crippen molar-refractivity contribution in [1.29, 1.82) is 0 Å². The maximum absolute atomic E-state index is 6.55. The number of hydrogen-bond donors (Lipinski definition) is 0. The molecule has 0 radical (unpaired) electrons. The van der Waals surface area contributed by atoms with Gasteiger partial charge in [-0.15, -0.1) is 6.58 Å². The van der Waals surface area contributed by atoms with E-state index in [9.17, 15) is 0 Å². The molecule has 0 saturated carbocycles. The normalized spacial score (nSPS) is 15.0. The van der Waals surface area contributed by atoms with E-state index in [0.29, 0.717) is 0 Å². The summed E-state index contributed by atoms with van der Waals surface area (Å²) >= 11 is 6.55. The lowest BCUT2D eigenvalue weighted by atomic mass is 10.3. The van der Waals surface area contributed by atoms with Gasteiger partial charge in [-0.2, -0.15) is 0 Å². The van der Waals surface area contributed by atoms with Crippen molar-refractivity contribution in [3.63, 3.8) is 0 Å². The second-order valence-corrected chi connectivity index (χ2v) is 5.96. The highest BCUT2D eigenvalue weighted by atomic mass is 35.7. The molecule has 0 aromatic carbocycles. The van der Waals surface area contributed by atoms with Gasteiger partial charge in [0.05, 0.1) is 7.27 Å². The number of hydrogen-bond acceptors (Lipinski definition) is 0. The molecule has 18 heavy (non-hydrogen) atoms. The molecule has 0 aromatic rings. The smallest absolute Gasteiger partial charge is 0.0520 e. The van der Waals surface area contributed by atoms with Crippen LogP contribution in [0.4, 0.5) is 0 Å². The van der Waals surface area contributed by atoms with Crippen LogP contribution in [0.1, 0.15) is 13.3 Å². The van der Waals surface area contributed by atoms with Crippen LogP contribution in [0.3, 0.4) is 0 Å². The summed E-state index contributed by atoms with van der Waals surface area (Å²) in [5, 5.41) is 2.17. The Kier molecular flexibility index (Phi) is 10.3. The fraction of sp³-hybridized carbons (Fsp3) is 0.125. The molecule has 1 unspecified atom stereocenters. The fourth-order valence-corrected chi connectivity index (χ4v) is 3.22. The van der Waals surface area contributed by atoms with E-state index < -0.39 is 7.27 Å². The van der Waals surface area contributed by atoms with Crippen molar-refractivity contribution in [3.05, 3.63) is 85.0 Å². The molecule has 0 saturated heterocycles. The molecule has 0 heterocycles. The Bertz CT molecular complexity index is 397. The van der Waals surface area contributed by atoms with Gasteiger partial charge in [-0.1, -0.05) is 79.1 Å². The Morgan fingerprint density at radius 1 is 1.11 bits per heavy atom. The average Bonchev–Trinajstić information content (AvgIpc) is 2.38.